The zero-order chi connectivity index (χ0) is 12.8. The van der Waals surface area contributed by atoms with Crippen molar-refractivity contribution in [3.63, 3.8) is 0 Å². The van der Waals surface area contributed by atoms with Crippen LogP contribution < -0.4 is 5.73 Å². The zero-order valence-corrected chi connectivity index (χ0v) is 11.0. The first kappa shape index (κ1) is 13.7. The van der Waals surface area contributed by atoms with Crippen molar-refractivity contribution in [1.29, 1.82) is 5.26 Å². The van der Waals surface area contributed by atoms with E-state index in [2.05, 4.69) is 44.2 Å². The fraction of sp³-hybridized carbons (Fsp3) is 0.533. The quantitative estimate of drug-likeness (QED) is 0.842. The predicted molar refractivity (Wildman–Crippen MR) is 71.3 cm³/mol. The minimum atomic E-state index is -0.168. The Labute approximate surface area is 104 Å². The van der Waals surface area contributed by atoms with Gasteiger partial charge in [0.1, 0.15) is 0 Å². The molecule has 0 radical (unpaired) electrons. The van der Waals surface area contributed by atoms with Gasteiger partial charge >= 0.3 is 0 Å². The monoisotopic (exact) mass is 230 g/mol. The number of rotatable bonds is 5. The highest BCUT2D eigenvalue weighted by Crippen LogP contribution is 2.22. The molecule has 0 heterocycles. The molecule has 0 fully saturated rings. The Kier molecular flexibility index (Phi) is 5.18. The van der Waals surface area contributed by atoms with Crippen LogP contribution in [0, 0.1) is 23.2 Å². The first-order valence-corrected chi connectivity index (χ1v) is 6.32. The summed E-state index contributed by atoms with van der Waals surface area (Å²) in [5.74, 6) is 0.572. The molecule has 2 unspecified atom stereocenters. The first-order chi connectivity index (χ1) is 8.08. The molecule has 17 heavy (non-hydrogen) atoms. The maximum absolute atomic E-state index is 9.00. The minimum absolute atomic E-state index is 0.0917. The van der Waals surface area contributed by atoms with Crippen LogP contribution in [0.4, 0.5) is 0 Å². The fourth-order valence-corrected chi connectivity index (χ4v) is 2.01. The van der Waals surface area contributed by atoms with E-state index in [0.29, 0.717) is 5.92 Å². The Morgan fingerprint density at radius 2 is 1.82 bits per heavy atom. The molecule has 1 aromatic carbocycles. The topological polar surface area (TPSA) is 49.8 Å². The number of benzene rings is 1. The molecule has 2 atom stereocenters. The lowest BCUT2D eigenvalue weighted by atomic mass is 9.91. The molecule has 0 amide bonds. The van der Waals surface area contributed by atoms with Crippen LogP contribution in [0.2, 0.25) is 0 Å². The second kappa shape index (κ2) is 6.42. The van der Waals surface area contributed by atoms with Crippen LogP contribution in [-0.4, -0.2) is 0 Å². The minimum Gasteiger partial charge on any atom is -0.323 e. The average Bonchev–Trinajstić information content (AvgIpc) is 2.30. The Morgan fingerprint density at radius 3 is 2.24 bits per heavy atom. The number of hydrogen-bond donors (Lipinski definition) is 1. The second-order valence-corrected chi connectivity index (χ2v) is 5.01. The highest BCUT2D eigenvalue weighted by atomic mass is 14.6. The molecule has 1 aromatic rings. The van der Waals surface area contributed by atoms with Gasteiger partial charge < -0.3 is 5.73 Å². The van der Waals surface area contributed by atoms with Crippen LogP contribution in [0.25, 0.3) is 0 Å². The summed E-state index contributed by atoms with van der Waals surface area (Å²) in [6, 6.07) is 10.5. The average molecular weight is 230 g/mol. The van der Waals surface area contributed by atoms with Crippen LogP contribution in [-0.2, 0) is 6.42 Å². The number of hydrogen-bond acceptors (Lipinski definition) is 2. The third-order valence-corrected chi connectivity index (χ3v) is 3.05. The lowest BCUT2D eigenvalue weighted by Gasteiger charge is -2.17. The van der Waals surface area contributed by atoms with Gasteiger partial charge in [-0.25, -0.2) is 0 Å². The van der Waals surface area contributed by atoms with E-state index in [4.69, 9.17) is 11.0 Å². The molecule has 0 bridgehead atoms. The second-order valence-electron chi connectivity index (χ2n) is 5.01. The van der Waals surface area contributed by atoms with Crippen molar-refractivity contribution in [2.75, 3.05) is 0 Å². The summed E-state index contributed by atoms with van der Waals surface area (Å²) >= 11 is 0. The van der Waals surface area contributed by atoms with Crippen molar-refractivity contribution in [3.05, 3.63) is 35.4 Å². The molecule has 0 aromatic heterocycles. The van der Waals surface area contributed by atoms with E-state index < -0.39 is 0 Å². The largest absolute Gasteiger partial charge is 0.323 e. The van der Waals surface area contributed by atoms with Crippen molar-refractivity contribution in [1.82, 2.24) is 0 Å². The van der Waals surface area contributed by atoms with E-state index in [1.807, 2.05) is 6.92 Å². The van der Waals surface area contributed by atoms with Gasteiger partial charge in [0.25, 0.3) is 0 Å². The molecular formula is C15H22N2. The van der Waals surface area contributed by atoms with E-state index in [9.17, 15) is 0 Å². The molecule has 0 aliphatic rings. The lowest BCUT2D eigenvalue weighted by molar-refractivity contribution is 0.517. The molecular weight excluding hydrogens is 208 g/mol. The van der Waals surface area contributed by atoms with Gasteiger partial charge in [0.05, 0.1) is 12.0 Å². The third-order valence-electron chi connectivity index (χ3n) is 3.05. The molecule has 0 saturated carbocycles. The van der Waals surface area contributed by atoms with Gasteiger partial charge in [-0.05, 0) is 29.9 Å². The summed E-state index contributed by atoms with van der Waals surface area (Å²) in [6.07, 6.45) is 1.89. The summed E-state index contributed by atoms with van der Waals surface area (Å²) in [7, 11) is 0. The van der Waals surface area contributed by atoms with Crippen molar-refractivity contribution in [3.8, 4) is 6.07 Å². The number of nitrogens with two attached hydrogens (primary N) is 1. The molecule has 2 heteroatoms. The van der Waals surface area contributed by atoms with E-state index in [-0.39, 0.29) is 12.0 Å². The summed E-state index contributed by atoms with van der Waals surface area (Å²) in [4.78, 5) is 0. The summed E-state index contributed by atoms with van der Waals surface area (Å²) in [5, 5.41) is 9.00. The lowest BCUT2D eigenvalue weighted by Crippen LogP contribution is -2.19. The van der Waals surface area contributed by atoms with Gasteiger partial charge in [0.2, 0.25) is 0 Å². The van der Waals surface area contributed by atoms with Crippen molar-refractivity contribution in [2.24, 2.45) is 17.6 Å². The summed E-state index contributed by atoms with van der Waals surface area (Å²) in [5.41, 5.74) is 8.48. The Bertz CT molecular complexity index is 373. The molecule has 92 valence electrons. The smallest absolute Gasteiger partial charge is 0.0675 e. The molecule has 1 rings (SSSR count). The summed E-state index contributed by atoms with van der Waals surface area (Å²) < 4.78 is 0. The van der Waals surface area contributed by atoms with E-state index >= 15 is 0 Å². The van der Waals surface area contributed by atoms with Crippen LogP contribution in [0.5, 0.6) is 0 Å². The number of nitrogens with zero attached hydrogens (tertiary/aromatic N) is 1. The van der Waals surface area contributed by atoms with Gasteiger partial charge in [-0.3, -0.25) is 0 Å². The third kappa shape index (κ3) is 3.87. The maximum atomic E-state index is 9.00. The zero-order valence-electron chi connectivity index (χ0n) is 11.0. The standard InChI is InChI=1S/C15H22N2/c1-4-13(10-16)15(17)14-7-5-12(6-8-14)9-11(2)3/h5-8,11,13,15H,4,9,17H2,1-3H3. The number of nitriles is 1. The molecule has 0 aliphatic carbocycles. The fourth-order valence-electron chi connectivity index (χ4n) is 2.01. The Morgan fingerprint density at radius 1 is 1.24 bits per heavy atom. The van der Waals surface area contributed by atoms with Gasteiger partial charge in [0, 0.05) is 6.04 Å². The predicted octanol–water partition coefficient (Wildman–Crippen LogP) is 3.43. The van der Waals surface area contributed by atoms with Gasteiger partial charge in [0.15, 0.2) is 0 Å². The highest BCUT2D eigenvalue weighted by molar-refractivity contribution is 5.26. The normalized spacial score (nSPS) is 14.4. The molecule has 0 spiro atoms. The van der Waals surface area contributed by atoms with Crippen molar-refractivity contribution >= 4 is 0 Å². The van der Waals surface area contributed by atoms with E-state index in [0.717, 1.165) is 18.4 Å². The first-order valence-electron chi connectivity index (χ1n) is 6.32. The summed E-state index contributed by atoms with van der Waals surface area (Å²) in [6.45, 7) is 6.42. The van der Waals surface area contributed by atoms with Crippen molar-refractivity contribution < 1.29 is 0 Å². The molecule has 2 N–H and O–H groups in total. The molecule has 0 aliphatic heterocycles. The van der Waals surface area contributed by atoms with E-state index in [1.165, 1.54) is 5.56 Å². The Hall–Kier alpha value is -1.33. The Balaban J connectivity index is 2.77. The molecule has 0 saturated heterocycles. The van der Waals surface area contributed by atoms with Crippen LogP contribution in [0.1, 0.15) is 44.4 Å². The van der Waals surface area contributed by atoms with E-state index in [1.54, 1.807) is 0 Å². The van der Waals surface area contributed by atoms with Gasteiger partial charge in [-0.1, -0.05) is 45.0 Å². The van der Waals surface area contributed by atoms with Crippen LogP contribution in [0.15, 0.2) is 24.3 Å². The maximum Gasteiger partial charge on any atom is 0.0675 e. The highest BCUT2D eigenvalue weighted by Gasteiger charge is 2.16. The van der Waals surface area contributed by atoms with Crippen LogP contribution >= 0.6 is 0 Å². The SMILES string of the molecule is CCC(C#N)C(N)c1ccc(CC(C)C)cc1. The van der Waals surface area contributed by atoms with Crippen molar-refractivity contribution in [2.45, 2.75) is 39.7 Å². The van der Waals surface area contributed by atoms with Gasteiger partial charge in [-0.15, -0.1) is 0 Å². The molecule has 2 nitrogen and oxygen atoms in total. The van der Waals surface area contributed by atoms with Gasteiger partial charge in [-0.2, -0.15) is 5.26 Å². The van der Waals surface area contributed by atoms with Crippen LogP contribution in [0.3, 0.4) is 0 Å².